The summed E-state index contributed by atoms with van der Waals surface area (Å²) in [6.45, 7) is 2.49. The van der Waals surface area contributed by atoms with Crippen molar-refractivity contribution in [3.63, 3.8) is 0 Å². The highest BCUT2D eigenvalue weighted by molar-refractivity contribution is 6.30. The van der Waals surface area contributed by atoms with E-state index in [1.54, 1.807) is 6.92 Å². The number of carbonyl (C=O) groups is 2. The van der Waals surface area contributed by atoms with Crippen LogP contribution in [0.4, 0.5) is 17.1 Å². The van der Waals surface area contributed by atoms with Crippen molar-refractivity contribution in [1.82, 2.24) is 0 Å². The van der Waals surface area contributed by atoms with Gasteiger partial charge in [-0.15, -0.1) is 0 Å². The van der Waals surface area contributed by atoms with E-state index in [4.69, 9.17) is 32.7 Å². The first-order valence-corrected chi connectivity index (χ1v) is 18.2. The Kier molecular flexibility index (Phi) is 10.3. The van der Waals surface area contributed by atoms with Crippen molar-refractivity contribution >= 4 is 52.2 Å². The molecule has 7 rings (SSSR count). The number of carbonyl (C=O) groups excluding carboxylic acids is 2. The Balaban J connectivity index is 1.61. The molecule has 0 aliphatic carbocycles. The summed E-state index contributed by atoms with van der Waals surface area (Å²) >= 11 is 12.8. The predicted molar refractivity (Wildman–Crippen MR) is 212 cm³/mol. The average Bonchev–Trinajstić information content (AvgIpc) is 3.64. The Morgan fingerprint density at radius 3 is 1.58 bits per heavy atom. The SMILES string of the molecule is COC(=O)C1=C(CCc2ccccc2)N(c2ccccc2)/C(=C(\C)C(=O)OC)C12N(Cc1ccc(Cl)cc1)c1ccccc1N2Cc1ccc(Cl)cc1. The molecule has 0 radical (unpaired) electrons. The number of aryl methyl sites for hydroxylation is 1. The van der Waals surface area contributed by atoms with E-state index in [2.05, 4.69) is 39.0 Å². The minimum absolute atomic E-state index is 0.350. The number of ether oxygens (including phenoxy) is 2. The van der Waals surface area contributed by atoms with Crippen molar-refractivity contribution in [1.29, 1.82) is 0 Å². The Labute approximate surface area is 320 Å². The van der Waals surface area contributed by atoms with Crippen molar-refractivity contribution in [3.8, 4) is 0 Å². The molecule has 0 fully saturated rings. The fraction of sp³-hybridized carbons (Fsp3) is 0.182. The van der Waals surface area contributed by atoms with E-state index < -0.39 is 17.6 Å². The number of hydrogen-bond donors (Lipinski definition) is 0. The highest BCUT2D eigenvalue weighted by atomic mass is 35.5. The molecule has 0 aromatic heterocycles. The minimum Gasteiger partial charge on any atom is -0.466 e. The van der Waals surface area contributed by atoms with Gasteiger partial charge >= 0.3 is 11.9 Å². The average molecular weight is 745 g/mol. The van der Waals surface area contributed by atoms with Gasteiger partial charge < -0.3 is 24.2 Å². The third kappa shape index (κ3) is 6.56. The number of benzene rings is 5. The van der Waals surface area contributed by atoms with E-state index in [0.29, 0.717) is 52.8 Å². The molecule has 1 spiro atoms. The van der Waals surface area contributed by atoms with Crippen LogP contribution in [0.3, 0.4) is 0 Å². The van der Waals surface area contributed by atoms with Gasteiger partial charge in [0.1, 0.15) is 5.57 Å². The molecule has 0 unspecified atom stereocenters. The van der Waals surface area contributed by atoms with Crippen LogP contribution in [0.5, 0.6) is 0 Å². The van der Waals surface area contributed by atoms with E-state index in [1.165, 1.54) is 14.2 Å². The summed E-state index contributed by atoms with van der Waals surface area (Å²) in [5.41, 5.74) is 6.24. The molecule has 2 aliphatic heterocycles. The second-order valence-corrected chi connectivity index (χ2v) is 13.9. The quantitative estimate of drug-likeness (QED) is 0.104. The summed E-state index contributed by atoms with van der Waals surface area (Å²) in [5.74, 6) is -1.01. The van der Waals surface area contributed by atoms with E-state index in [1.807, 2.05) is 109 Å². The van der Waals surface area contributed by atoms with Gasteiger partial charge in [0.05, 0.1) is 36.9 Å². The molecule has 53 heavy (non-hydrogen) atoms. The van der Waals surface area contributed by atoms with E-state index in [0.717, 1.165) is 39.4 Å². The Morgan fingerprint density at radius 2 is 1.09 bits per heavy atom. The summed E-state index contributed by atoms with van der Waals surface area (Å²) in [6, 6.07) is 43.5. The van der Waals surface area contributed by atoms with E-state index in [9.17, 15) is 9.59 Å². The zero-order valence-electron chi connectivity index (χ0n) is 29.8. The van der Waals surface area contributed by atoms with Crippen molar-refractivity contribution in [3.05, 3.63) is 183 Å². The van der Waals surface area contributed by atoms with Gasteiger partial charge in [-0.25, -0.2) is 9.59 Å². The zero-order chi connectivity index (χ0) is 37.1. The fourth-order valence-electron chi connectivity index (χ4n) is 7.65. The monoisotopic (exact) mass is 743 g/mol. The standard InChI is InChI=1S/C44H39Cl2N3O4/c1-30(42(50)52-2)41-44(40(43(51)53-3)39(27-22-31-12-6-4-7-13-31)49(41)36-14-8-5-9-15-36)47(28-32-18-23-34(45)24-19-32)37-16-10-11-17-38(37)48(44)29-33-20-25-35(46)26-21-33/h4-21,23-26H,22,27-29H2,1-3H3/b41-30+. The van der Waals surface area contributed by atoms with Crippen LogP contribution in [0.2, 0.25) is 10.0 Å². The van der Waals surface area contributed by atoms with Gasteiger partial charge in [-0.3, -0.25) is 0 Å². The normalized spacial score (nSPS) is 15.5. The van der Waals surface area contributed by atoms with Gasteiger partial charge in [-0.05, 0) is 85.0 Å². The molecular formula is C44H39Cl2N3O4. The van der Waals surface area contributed by atoms with Gasteiger partial charge in [0, 0.05) is 34.5 Å². The van der Waals surface area contributed by atoms with E-state index >= 15 is 0 Å². The topological polar surface area (TPSA) is 62.3 Å². The maximum absolute atomic E-state index is 14.9. The number of rotatable bonds is 10. The summed E-state index contributed by atoms with van der Waals surface area (Å²) in [5, 5.41) is 1.23. The van der Waals surface area contributed by atoms with Crippen LogP contribution in [0, 0.1) is 0 Å². The smallest absolute Gasteiger partial charge is 0.340 e. The van der Waals surface area contributed by atoms with Gasteiger partial charge in [0.2, 0.25) is 0 Å². The molecule has 0 bridgehead atoms. The number of para-hydroxylation sites is 3. The molecule has 9 heteroatoms. The van der Waals surface area contributed by atoms with Gasteiger partial charge in [0.25, 0.3) is 0 Å². The molecule has 0 saturated carbocycles. The molecule has 0 atom stereocenters. The summed E-state index contributed by atoms with van der Waals surface area (Å²) in [7, 11) is 2.79. The highest BCUT2D eigenvalue weighted by Gasteiger charge is 2.64. The van der Waals surface area contributed by atoms with Crippen molar-refractivity contribution in [2.45, 2.75) is 38.5 Å². The molecule has 268 valence electrons. The van der Waals surface area contributed by atoms with Gasteiger partial charge in [-0.1, -0.05) is 108 Å². The number of hydrogen-bond acceptors (Lipinski definition) is 7. The maximum atomic E-state index is 14.9. The first-order valence-electron chi connectivity index (χ1n) is 17.4. The number of esters is 2. The van der Waals surface area contributed by atoms with Crippen molar-refractivity contribution in [2.75, 3.05) is 28.9 Å². The maximum Gasteiger partial charge on any atom is 0.340 e. The van der Waals surface area contributed by atoms with Crippen LogP contribution in [0.15, 0.2) is 156 Å². The summed E-state index contributed by atoms with van der Waals surface area (Å²) < 4.78 is 11.3. The second kappa shape index (κ2) is 15.2. The van der Waals surface area contributed by atoms with Crippen LogP contribution < -0.4 is 14.7 Å². The lowest BCUT2D eigenvalue weighted by atomic mass is 9.90. The lowest BCUT2D eigenvalue weighted by Crippen LogP contribution is -2.61. The van der Waals surface area contributed by atoms with Crippen molar-refractivity contribution < 1.29 is 19.1 Å². The molecule has 0 N–H and O–H groups in total. The fourth-order valence-corrected chi connectivity index (χ4v) is 7.91. The molecule has 2 heterocycles. The number of fused-ring (bicyclic) bond motifs is 1. The molecule has 2 aliphatic rings. The van der Waals surface area contributed by atoms with Crippen LogP contribution >= 0.6 is 23.2 Å². The third-order valence-electron chi connectivity index (χ3n) is 9.96. The zero-order valence-corrected chi connectivity index (χ0v) is 31.3. The molecule has 5 aromatic carbocycles. The summed E-state index contributed by atoms with van der Waals surface area (Å²) in [6.07, 6.45) is 1.09. The first-order chi connectivity index (χ1) is 25.8. The van der Waals surface area contributed by atoms with Crippen molar-refractivity contribution in [2.24, 2.45) is 0 Å². The predicted octanol–water partition coefficient (Wildman–Crippen LogP) is 9.74. The molecular weight excluding hydrogens is 705 g/mol. The molecule has 7 nitrogen and oxygen atoms in total. The Morgan fingerprint density at radius 1 is 0.604 bits per heavy atom. The van der Waals surface area contributed by atoms with Gasteiger partial charge in [-0.2, -0.15) is 0 Å². The van der Waals surface area contributed by atoms with Crippen LogP contribution in [0.25, 0.3) is 0 Å². The molecule has 5 aromatic rings. The third-order valence-corrected chi connectivity index (χ3v) is 10.5. The van der Waals surface area contributed by atoms with Crippen LogP contribution in [0.1, 0.15) is 30.0 Å². The van der Waals surface area contributed by atoms with Crippen LogP contribution in [-0.4, -0.2) is 31.8 Å². The minimum atomic E-state index is -1.41. The largest absolute Gasteiger partial charge is 0.466 e. The summed E-state index contributed by atoms with van der Waals surface area (Å²) in [4.78, 5) is 35.4. The Bertz CT molecular complexity index is 2110. The number of allylic oxidation sites excluding steroid dienone is 1. The second-order valence-electron chi connectivity index (χ2n) is 13.0. The Hall–Kier alpha value is -5.50. The van der Waals surface area contributed by atoms with Gasteiger partial charge in [0.15, 0.2) is 5.66 Å². The van der Waals surface area contributed by atoms with E-state index in [-0.39, 0.29) is 0 Å². The molecule has 0 amide bonds. The lowest BCUT2D eigenvalue weighted by Gasteiger charge is -2.46. The number of anilines is 3. The number of nitrogens with zero attached hydrogens (tertiary/aromatic N) is 3. The molecule has 0 saturated heterocycles. The number of halogens is 2. The first kappa shape index (κ1) is 35.9. The highest BCUT2D eigenvalue weighted by Crippen LogP contribution is 2.60. The number of methoxy groups -OCH3 is 2. The lowest BCUT2D eigenvalue weighted by molar-refractivity contribution is -0.137. The van der Waals surface area contributed by atoms with Crippen LogP contribution in [-0.2, 0) is 38.6 Å².